The summed E-state index contributed by atoms with van der Waals surface area (Å²) >= 11 is 4.96. The second-order valence-corrected chi connectivity index (χ2v) is 5.20. The van der Waals surface area contributed by atoms with Crippen LogP contribution in [0.5, 0.6) is 0 Å². The van der Waals surface area contributed by atoms with Crippen LogP contribution in [-0.4, -0.2) is 26.4 Å². The minimum Gasteiger partial charge on any atom is -0.382 e. The molecule has 1 N–H and O–H groups in total. The molecule has 0 saturated heterocycles. The largest absolute Gasteiger partial charge is 0.382 e. The maximum atomic E-state index is 10.3. The molecule has 0 aliphatic rings. The third-order valence-electron chi connectivity index (χ3n) is 2.52. The number of hydrogen-bond acceptors (Lipinski definition) is 4. The van der Waals surface area contributed by atoms with Crippen molar-refractivity contribution in [1.29, 1.82) is 0 Å². The Morgan fingerprint density at radius 1 is 1.35 bits per heavy atom. The van der Waals surface area contributed by atoms with Gasteiger partial charge < -0.3 is 5.11 Å². The van der Waals surface area contributed by atoms with Crippen LogP contribution in [0.1, 0.15) is 17.4 Å². The topological polar surface area (TPSA) is 50.9 Å². The zero-order valence-electron chi connectivity index (χ0n) is 9.46. The highest BCUT2D eigenvalue weighted by atomic mass is 79.9. The summed E-state index contributed by atoms with van der Waals surface area (Å²) in [6.45, 7) is 0. The third-order valence-corrected chi connectivity index (χ3v) is 3.83. The lowest BCUT2D eigenvalue weighted by molar-refractivity contribution is 0.209. The molecule has 17 heavy (non-hydrogen) atoms. The SMILES string of the molecule is CSc1ccc(C(O)c2c(Br)nnn2C)cc1. The van der Waals surface area contributed by atoms with Crippen LogP contribution in [0.2, 0.25) is 0 Å². The van der Waals surface area contributed by atoms with Gasteiger partial charge in [-0.05, 0) is 39.9 Å². The minimum absolute atomic E-state index is 0.571. The van der Waals surface area contributed by atoms with E-state index in [9.17, 15) is 5.11 Å². The van der Waals surface area contributed by atoms with E-state index in [2.05, 4.69) is 26.2 Å². The molecule has 2 rings (SSSR count). The number of aliphatic hydroxyl groups excluding tert-OH is 1. The Labute approximate surface area is 112 Å². The van der Waals surface area contributed by atoms with Crippen LogP contribution in [0, 0.1) is 0 Å². The molecular formula is C11H12BrN3OS. The minimum atomic E-state index is -0.722. The average Bonchev–Trinajstić information content (AvgIpc) is 2.68. The number of aromatic nitrogens is 3. The molecule has 0 aliphatic carbocycles. The zero-order chi connectivity index (χ0) is 12.4. The molecule has 0 aliphatic heterocycles. The van der Waals surface area contributed by atoms with Gasteiger partial charge >= 0.3 is 0 Å². The lowest BCUT2D eigenvalue weighted by Crippen LogP contribution is -2.07. The van der Waals surface area contributed by atoms with Gasteiger partial charge in [0.25, 0.3) is 0 Å². The molecule has 0 radical (unpaired) electrons. The molecule has 2 aromatic rings. The van der Waals surface area contributed by atoms with E-state index >= 15 is 0 Å². The maximum absolute atomic E-state index is 10.3. The number of aryl methyl sites for hydroxylation is 1. The number of nitrogens with zero attached hydrogens (tertiary/aromatic N) is 3. The average molecular weight is 314 g/mol. The Bertz CT molecular complexity index is 492. The van der Waals surface area contributed by atoms with E-state index in [1.54, 1.807) is 23.5 Å². The molecule has 0 spiro atoms. The van der Waals surface area contributed by atoms with Crippen molar-refractivity contribution in [2.45, 2.75) is 11.0 Å². The Kier molecular flexibility index (Phi) is 3.86. The fourth-order valence-electron chi connectivity index (χ4n) is 1.57. The first-order valence-corrected chi connectivity index (χ1v) is 7.02. The van der Waals surface area contributed by atoms with Gasteiger partial charge in [0.15, 0.2) is 4.60 Å². The Morgan fingerprint density at radius 3 is 2.47 bits per heavy atom. The molecule has 1 atom stereocenters. The summed E-state index contributed by atoms with van der Waals surface area (Å²) in [5.74, 6) is 0. The predicted molar refractivity (Wildman–Crippen MR) is 71.0 cm³/mol. The molecule has 0 amide bonds. The zero-order valence-corrected chi connectivity index (χ0v) is 11.9. The van der Waals surface area contributed by atoms with E-state index in [1.807, 2.05) is 30.5 Å². The van der Waals surface area contributed by atoms with Crippen molar-refractivity contribution in [2.75, 3.05) is 6.26 Å². The Hall–Kier alpha value is -0.850. The highest BCUT2D eigenvalue weighted by Gasteiger charge is 2.19. The normalized spacial score (nSPS) is 12.7. The van der Waals surface area contributed by atoms with E-state index in [-0.39, 0.29) is 0 Å². The van der Waals surface area contributed by atoms with Gasteiger partial charge in [0.1, 0.15) is 11.8 Å². The van der Waals surface area contributed by atoms with Gasteiger partial charge in [-0.3, -0.25) is 0 Å². The molecule has 0 bridgehead atoms. The van der Waals surface area contributed by atoms with Crippen LogP contribution < -0.4 is 0 Å². The molecular weight excluding hydrogens is 302 g/mol. The number of benzene rings is 1. The van der Waals surface area contributed by atoms with Gasteiger partial charge in [-0.2, -0.15) is 0 Å². The van der Waals surface area contributed by atoms with Crippen molar-refractivity contribution >= 4 is 27.7 Å². The summed E-state index contributed by atoms with van der Waals surface area (Å²) in [7, 11) is 1.76. The smallest absolute Gasteiger partial charge is 0.154 e. The number of aliphatic hydroxyl groups is 1. The standard InChI is InChI=1S/C11H12BrN3OS/c1-15-9(11(12)13-14-15)10(16)7-3-5-8(17-2)6-4-7/h3-6,10,16H,1-2H3. The highest BCUT2D eigenvalue weighted by molar-refractivity contribution is 9.10. The quantitative estimate of drug-likeness (QED) is 0.884. The summed E-state index contributed by atoms with van der Waals surface area (Å²) in [6.07, 6.45) is 1.30. The maximum Gasteiger partial charge on any atom is 0.154 e. The molecule has 1 aromatic heterocycles. The lowest BCUT2D eigenvalue weighted by Gasteiger charge is -2.11. The molecule has 1 heterocycles. The van der Waals surface area contributed by atoms with Crippen molar-refractivity contribution in [3.05, 3.63) is 40.1 Å². The van der Waals surface area contributed by atoms with Crippen LogP contribution in [0.15, 0.2) is 33.8 Å². The van der Waals surface area contributed by atoms with Gasteiger partial charge in [-0.25, -0.2) is 4.68 Å². The Balaban J connectivity index is 2.33. The number of halogens is 1. The fraction of sp³-hybridized carbons (Fsp3) is 0.273. The molecule has 1 aromatic carbocycles. The highest BCUT2D eigenvalue weighted by Crippen LogP contribution is 2.27. The van der Waals surface area contributed by atoms with E-state index < -0.39 is 6.10 Å². The molecule has 0 saturated carbocycles. The van der Waals surface area contributed by atoms with Crippen LogP contribution in [-0.2, 0) is 7.05 Å². The van der Waals surface area contributed by atoms with E-state index in [1.165, 1.54) is 4.90 Å². The van der Waals surface area contributed by atoms with Crippen LogP contribution in [0.3, 0.4) is 0 Å². The first-order chi connectivity index (χ1) is 8.13. The van der Waals surface area contributed by atoms with Crippen molar-refractivity contribution in [2.24, 2.45) is 7.05 Å². The van der Waals surface area contributed by atoms with Crippen molar-refractivity contribution < 1.29 is 5.11 Å². The second-order valence-electron chi connectivity index (χ2n) is 3.56. The predicted octanol–water partition coefficient (Wildman–Crippen LogP) is 2.38. The summed E-state index contributed by atoms with van der Waals surface area (Å²) in [6, 6.07) is 7.80. The summed E-state index contributed by atoms with van der Waals surface area (Å²) in [5, 5.41) is 18.0. The first kappa shape index (κ1) is 12.6. The van der Waals surface area contributed by atoms with Crippen molar-refractivity contribution in [3.8, 4) is 0 Å². The molecule has 6 heteroatoms. The Morgan fingerprint density at radius 2 is 2.00 bits per heavy atom. The number of hydrogen-bond donors (Lipinski definition) is 1. The van der Waals surface area contributed by atoms with Gasteiger partial charge in [-0.1, -0.05) is 17.3 Å². The van der Waals surface area contributed by atoms with Crippen molar-refractivity contribution in [3.63, 3.8) is 0 Å². The van der Waals surface area contributed by atoms with Gasteiger partial charge in [0, 0.05) is 11.9 Å². The third kappa shape index (κ3) is 2.53. The molecule has 4 nitrogen and oxygen atoms in total. The molecule has 0 fully saturated rings. The van der Waals surface area contributed by atoms with E-state index in [0.717, 1.165) is 5.56 Å². The summed E-state index contributed by atoms with van der Waals surface area (Å²) < 4.78 is 2.14. The van der Waals surface area contributed by atoms with Crippen LogP contribution >= 0.6 is 27.7 Å². The summed E-state index contributed by atoms with van der Waals surface area (Å²) in [5.41, 5.74) is 1.48. The second kappa shape index (κ2) is 5.20. The molecule has 1 unspecified atom stereocenters. The first-order valence-electron chi connectivity index (χ1n) is 5.00. The van der Waals surface area contributed by atoms with Gasteiger partial charge in [0.05, 0.1) is 0 Å². The molecule has 90 valence electrons. The van der Waals surface area contributed by atoms with Gasteiger partial charge in [-0.15, -0.1) is 16.9 Å². The van der Waals surface area contributed by atoms with Crippen LogP contribution in [0.25, 0.3) is 0 Å². The van der Waals surface area contributed by atoms with E-state index in [4.69, 9.17) is 0 Å². The lowest BCUT2D eigenvalue weighted by atomic mass is 10.1. The van der Waals surface area contributed by atoms with E-state index in [0.29, 0.717) is 10.3 Å². The summed E-state index contributed by atoms with van der Waals surface area (Å²) in [4.78, 5) is 1.17. The fourth-order valence-corrected chi connectivity index (χ4v) is 2.53. The monoisotopic (exact) mass is 313 g/mol. The van der Waals surface area contributed by atoms with Gasteiger partial charge in [0.2, 0.25) is 0 Å². The van der Waals surface area contributed by atoms with Crippen LogP contribution in [0.4, 0.5) is 0 Å². The van der Waals surface area contributed by atoms with Crippen molar-refractivity contribution in [1.82, 2.24) is 15.0 Å². The number of rotatable bonds is 3. The number of thioether (sulfide) groups is 1.